The van der Waals surface area contributed by atoms with Crippen molar-refractivity contribution in [3.63, 3.8) is 0 Å². The molecule has 1 heterocycles. The van der Waals surface area contributed by atoms with Gasteiger partial charge in [0.15, 0.2) is 0 Å². The Hall–Kier alpha value is -2.97. The fourth-order valence-electron chi connectivity index (χ4n) is 2.68. The molecule has 3 aromatic rings. The molecule has 0 saturated carbocycles. The largest absolute Gasteiger partial charge is 0.441 e. The van der Waals surface area contributed by atoms with Crippen LogP contribution in [-0.4, -0.2) is 32.9 Å². The first kappa shape index (κ1) is 19.8. The maximum atomic E-state index is 12.4. The summed E-state index contributed by atoms with van der Waals surface area (Å²) >= 11 is 0. The van der Waals surface area contributed by atoms with Gasteiger partial charge in [-0.15, -0.1) is 0 Å². The molecule has 0 radical (unpaired) electrons. The van der Waals surface area contributed by atoms with Gasteiger partial charge in [-0.25, -0.2) is 18.1 Å². The number of nitrogens with one attached hydrogen (secondary N) is 2. The Kier molecular flexibility index (Phi) is 5.91. The lowest BCUT2D eigenvalue weighted by molar-refractivity contribution is 0.0963. The number of carbonyl (C=O) groups is 1. The minimum Gasteiger partial charge on any atom is -0.441 e. The molecule has 0 saturated heterocycles. The Morgan fingerprint density at radius 2 is 1.75 bits per heavy atom. The highest BCUT2D eigenvalue weighted by molar-refractivity contribution is 7.89. The zero-order valence-electron chi connectivity index (χ0n) is 15.6. The molecule has 0 fully saturated rings. The average Bonchev–Trinajstić information content (AvgIpc) is 3.08. The first-order valence-electron chi connectivity index (χ1n) is 8.74. The van der Waals surface area contributed by atoms with E-state index in [-0.39, 0.29) is 17.3 Å². The second kappa shape index (κ2) is 8.37. The van der Waals surface area contributed by atoms with Crippen molar-refractivity contribution in [2.45, 2.75) is 18.2 Å². The summed E-state index contributed by atoms with van der Waals surface area (Å²) in [6.45, 7) is 1.99. The van der Waals surface area contributed by atoms with Crippen LogP contribution in [0.25, 0.3) is 11.5 Å². The third-order valence-electron chi connectivity index (χ3n) is 4.22. The maximum absolute atomic E-state index is 12.4. The number of amides is 1. The lowest BCUT2D eigenvalue weighted by Crippen LogP contribution is -2.26. The molecule has 0 aliphatic rings. The summed E-state index contributed by atoms with van der Waals surface area (Å²) in [5.74, 6) is 0.904. The predicted octanol–water partition coefficient (Wildman–Crippen LogP) is 2.53. The number of oxazole rings is 1. The summed E-state index contributed by atoms with van der Waals surface area (Å²) in [6.07, 6.45) is 0.401. The van der Waals surface area contributed by atoms with Crippen LogP contribution in [0.5, 0.6) is 0 Å². The molecule has 0 atom stereocenters. The highest BCUT2D eigenvalue weighted by Crippen LogP contribution is 2.21. The van der Waals surface area contributed by atoms with Gasteiger partial charge in [-0.1, -0.05) is 18.2 Å². The first-order chi connectivity index (χ1) is 13.4. The minimum absolute atomic E-state index is 0.0991. The maximum Gasteiger partial charge on any atom is 0.251 e. The van der Waals surface area contributed by atoms with Crippen LogP contribution >= 0.6 is 0 Å². The summed E-state index contributed by atoms with van der Waals surface area (Å²) < 4.78 is 33.1. The van der Waals surface area contributed by atoms with Gasteiger partial charge in [0.1, 0.15) is 5.76 Å². The molecule has 8 heteroatoms. The lowest BCUT2D eigenvalue weighted by atomic mass is 10.2. The molecule has 0 spiro atoms. The van der Waals surface area contributed by atoms with Crippen molar-refractivity contribution in [2.24, 2.45) is 0 Å². The van der Waals surface area contributed by atoms with Crippen molar-refractivity contribution in [1.29, 1.82) is 0 Å². The number of carbonyl (C=O) groups excluding carboxylic acids is 1. The van der Waals surface area contributed by atoms with E-state index in [4.69, 9.17) is 4.42 Å². The lowest BCUT2D eigenvalue weighted by Gasteiger charge is -2.07. The van der Waals surface area contributed by atoms with Gasteiger partial charge in [-0.05, 0) is 43.3 Å². The number of nitrogens with zero attached hydrogens (tertiary/aromatic N) is 1. The van der Waals surface area contributed by atoms with Gasteiger partial charge in [0.2, 0.25) is 15.9 Å². The molecule has 146 valence electrons. The number of hydrogen-bond acceptors (Lipinski definition) is 5. The SMILES string of the molecule is CNC(=O)c1ccc(S(=O)(=O)NCCc2nc(-c3ccccc3)oc2C)cc1. The molecule has 0 unspecified atom stereocenters. The number of sulfonamides is 1. The fourth-order valence-corrected chi connectivity index (χ4v) is 3.71. The summed E-state index contributed by atoms with van der Waals surface area (Å²) in [7, 11) is -2.16. The Bertz CT molecular complexity index is 1060. The van der Waals surface area contributed by atoms with Crippen LogP contribution in [0.2, 0.25) is 0 Å². The van der Waals surface area contributed by atoms with Crippen LogP contribution < -0.4 is 10.0 Å². The molecule has 2 aromatic carbocycles. The minimum atomic E-state index is -3.68. The van der Waals surface area contributed by atoms with E-state index in [0.717, 1.165) is 5.56 Å². The molecule has 28 heavy (non-hydrogen) atoms. The van der Waals surface area contributed by atoms with Crippen molar-refractivity contribution in [2.75, 3.05) is 13.6 Å². The molecule has 2 N–H and O–H groups in total. The van der Waals surface area contributed by atoms with E-state index in [9.17, 15) is 13.2 Å². The average molecular weight is 399 g/mol. The van der Waals surface area contributed by atoms with Gasteiger partial charge in [-0.2, -0.15) is 0 Å². The molecular weight excluding hydrogens is 378 g/mol. The van der Waals surface area contributed by atoms with Gasteiger partial charge in [-0.3, -0.25) is 4.79 Å². The highest BCUT2D eigenvalue weighted by Gasteiger charge is 2.16. The second-order valence-corrected chi connectivity index (χ2v) is 7.91. The topological polar surface area (TPSA) is 101 Å². The summed E-state index contributed by atoms with van der Waals surface area (Å²) in [5.41, 5.74) is 1.97. The van der Waals surface area contributed by atoms with Crippen LogP contribution in [0.1, 0.15) is 21.8 Å². The third-order valence-corrected chi connectivity index (χ3v) is 5.70. The second-order valence-electron chi connectivity index (χ2n) is 6.14. The Morgan fingerprint density at radius 3 is 2.39 bits per heavy atom. The van der Waals surface area contributed by atoms with Crippen molar-refractivity contribution < 1.29 is 17.6 Å². The number of aromatic nitrogens is 1. The van der Waals surface area contributed by atoms with Crippen molar-refractivity contribution in [3.05, 3.63) is 71.6 Å². The smallest absolute Gasteiger partial charge is 0.251 e. The standard InChI is InChI=1S/C20H21N3O4S/c1-14-18(23-20(27-14)16-6-4-3-5-7-16)12-13-22-28(25,26)17-10-8-15(9-11-17)19(24)21-2/h3-11,22H,12-13H2,1-2H3,(H,21,24). The predicted molar refractivity (Wildman–Crippen MR) is 105 cm³/mol. The van der Waals surface area contributed by atoms with E-state index in [0.29, 0.717) is 29.3 Å². The molecule has 1 amide bonds. The molecule has 0 aliphatic carbocycles. The number of rotatable bonds is 7. The third kappa shape index (κ3) is 4.47. The van der Waals surface area contributed by atoms with Crippen LogP contribution in [0.4, 0.5) is 0 Å². The number of benzene rings is 2. The Labute approximate surface area is 163 Å². The number of hydrogen-bond donors (Lipinski definition) is 2. The highest BCUT2D eigenvalue weighted by atomic mass is 32.2. The molecule has 7 nitrogen and oxygen atoms in total. The Morgan fingerprint density at radius 1 is 1.07 bits per heavy atom. The number of aryl methyl sites for hydroxylation is 1. The van der Waals surface area contributed by atoms with Gasteiger partial charge < -0.3 is 9.73 Å². The van der Waals surface area contributed by atoms with Gasteiger partial charge in [0.05, 0.1) is 10.6 Å². The van der Waals surface area contributed by atoms with Crippen LogP contribution in [0.15, 0.2) is 63.9 Å². The fraction of sp³-hybridized carbons (Fsp3) is 0.200. The van der Waals surface area contributed by atoms with Crippen LogP contribution in [0.3, 0.4) is 0 Å². The summed E-state index contributed by atoms with van der Waals surface area (Å²) in [5, 5.41) is 2.49. The molecule has 0 aliphatic heterocycles. The molecule has 0 bridgehead atoms. The van der Waals surface area contributed by atoms with Crippen molar-refractivity contribution in [1.82, 2.24) is 15.0 Å². The van der Waals surface area contributed by atoms with Crippen LogP contribution in [0, 0.1) is 6.92 Å². The van der Waals surface area contributed by atoms with E-state index < -0.39 is 10.0 Å². The van der Waals surface area contributed by atoms with Gasteiger partial charge >= 0.3 is 0 Å². The molecule has 3 rings (SSSR count). The molecular formula is C20H21N3O4S. The van der Waals surface area contributed by atoms with E-state index in [1.807, 2.05) is 30.3 Å². The monoisotopic (exact) mass is 399 g/mol. The Balaban J connectivity index is 1.64. The van der Waals surface area contributed by atoms with Crippen molar-refractivity contribution >= 4 is 15.9 Å². The quantitative estimate of drug-likeness (QED) is 0.636. The van der Waals surface area contributed by atoms with E-state index in [1.54, 1.807) is 6.92 Å². The van der Waals surface area contributed by atoms with E-state index in [2.05, 4.69) is 15.0 Å². The zero-order valence-corrected chi connectivity index (χ0v) is 16.4. The van der Waals surface area contributed by atoms with Crippen LogP contribution in [-0.2, 0) is 16.4 Å². The summed E-state index contributed by atoms with van der Waals surface area (Å²) in [6, 6.07) is 15.3. The van der Waals surface area contributed by atoms with Gasteiger partial charge in [0, 0.05) is 31.1 Å². The van der Waals surface area contributed by atoms with Gasteiger partial charge in [0.25, 0.3) is 5.91 Å². The molecule has 1 aromatic heterocycles. The van der Waals surface area contributed by atoms with Crippen molar-refractivity contribution in [3.8, 4) is 11.5 Å². The van der Waals surface area contributed by atoms with E-state index >= 15 is 0 Å². The zero-order chi connectivity index (χ0) is 20.1. The summed E-state index contributed by atoms with van der Waals surface area (Å²) in [4.78, 5) is 16.1. The normalized spacial score (nSPS) is 11.4. The first-order valence-corrected chi connectivity index (χ1v) is 10.2. The van der Waals surface area contributed by atoms with E-state index in [1.165, 1.54) is 31.3 Å².